The molecule has 5 heteroatoms. The summed E-state index contributed by atoms with van der Waals surface area (Å²) in [7, 11) is 0. The molecule has 0 bridgehead atoms. The summed E-state index contributed by atoms with van der Waals surface area (Å²) in [5.74, 6) is -0.108. The van der Waals surface area contributed by atoms with Crippen LogP contribution >= 0.6 is 0 Å². The standard InChI is InChI=1S/C25H50O5/c1-3-5-7-9-11-13-15-20-30-25(26)17-16-19-28-22-24-29-23-21-27-18-14-12-10-8-6-4-2/h3-24H2,1-2H3. The molecule has 0 atom stereocenters. The highest BCUT2D eigenvalue weighted by Gasteiger charge is 2.02. The second kappa shape index (κ2) is 26.4. The van der Waals surface area contributed by atoms with Crippen LogP contribution in [-0.2, 0) is 23.7 Å². The Bertz CT molecular complexity index is 336. The molecule has 0 aliphatic rings. The first kappa shape index (κ1) is 29.4. The number of carbonyl (C=O) groups is 1. The summed E-state index contributed by atoms with van der Waals surface area (Å²) in [6.45, 7) is 8.83. The molecule has 180 valence electrons. The molecular weight excluding hydrogens is 380 g/mol. The van der Waals surface area contributed by atoms with Gasteiger partial charge in [0.2, 0.25) is 0 Å². The second-order valence-electron chi connectivity index (χ2n) is 8.05. The van der Waals surface area contributed by atoms with E-state index in [2.05, 4.69) is 13.8 Å². The van der Waals surface area contributed by atoms with Crippen molar-refractivity contribution < 1.29 is 23.7 Å². The Morgan fingerprint density at radius 1 is 0.467 bits per heavy atom. The number of carbonyl (C=O) groups excluding carboxylic acids is 1. The van der Waals surface area contributed by atoms with Gasteiger partial charge in [-0.3, -0.25) is 4.79 Å². The van der Waals surface area contributed by atoms with Gasteiger partial charge in [-0.25, -0.2) is 0 Å². The van der Waals surface area contributed by atoms with Gasteiger partial charge in [0.15, 0.2) is 0 Å². The minimum Gasteiger partial charge on any atom is -0.466 e. The first-order chi connectivity index (χ1) is 14.8. The molecule has 0 aliphatic heterocycles. The minimum absolute atomic E-state index is 0.108. The van der Waals surface area contributed by atoms with E-state index in [-0.39, 0.29) is 5.97 Å². The van der Waals surface area contributed by atoms with Crippen molar-refractivity contribution in [2.75, 3.05) is 46.2 Å². The molecule has 0 radical (unpaired) electrons. The van der Waals surface area contributed by atoms with Gasteiger partial charge in [-0.05, 0) is 19.3 Å². The zero-order chi connectivity index (χ0) is 22.0. The van der Waals surface area contributed by atoms with Gasteiger partial charge >= 0.3 is 5.97 Å². The summed E-state index contributed by atoms with van der Waals surface area (Å²) in [6.07, 6.45) is 17.5. The van der Waals surface area contributed by atoms with E-state index in [0.29, 0.717) is 52.5 Å². The molecule has 0 saturated carbocycles. The second-order valence-corrected chi connectivity index (χ2v) is 8.05. The molecule has 0 heterocycles. The zero-order valence-electron chi connectivity index (χ0n) is 20.1. The molecule has 0 fully saturated rings. The predicted octanol–water partition coefficient (Wildman–Crippen LogP) is 6.47. The van der Waals surface area contributed by atoms with Crippen molar-refractivity contribution in [1.82, 2.24) is 0 Å². The monoisotopic (exact) mass is 430 g/mol. The fraction of sp³-hybridized carbons (Fsp3) is 0.960. The highest BCUT2D eigenvalue weighted by molar-refractivity contribution is 5.69. The highest BCUT2D eigenvalue weighted by atomic mass is 16.5. The number of unbranched alkanes of at least 4 members (excludes halogenated alkanes) is 11. The zero-order valence-corrected chi connectivity index (χ0v) is 20.1. The Morgan fingerprint density at radius 2 is 0.867 bits per heavy atom. The number of hydrogen-bond acceptors (Lipinski definition) is 5. The average molecular weight is 431 g/mol. The first-order valence-corrected chi connectivity index (χ1v) is 12.7. The van der Waals surface area contributed by atoms with Crippen LogP contribution in [0, 0.1) is 0 Å². The summed E-state index contributed by atoms with van der Waals surface area (Å²) in [5.41, 5.74) is 0. The van der Waals surface area contributed by atoms with Crippen molar-refractivity contribution in [3.05, 3.63) is 0 Å². The lowest BCUT2D eigenvalue weighted by atomic mass is 10.1. The number of hydrogen-bond donors (Lipinski definition) is 0. The van der Waals surface area contributed by atoms with Crippen LogP contribution in [0.5, 0.6) is 0 Å². The molecule has 0 unspecified atom stereocenters. The Labute approximate surface area is 186 Å². The summed E-state index contributed by atoms with van der Waals surface area (Å²) >= 11 is 0. The van der Waals surface area contributed by atoms with Gasteiger partial charge in [-0.2, -0.15) is 0 Å². The van der Waals surface area contributed by atoms with Crippen LogP contribution in [0.4, 0.5) is 0 Å². The molecule has 0 aromatic carbocycles. The highest BCUT2D eigenvalue weighted by Crippen LogP contribution is 2.07. The maximum atomic E-state index is 11.6. The van der Waals surface area contributed by atoms with E-state index in [1.54, 1.807) is 0 Å². The van der Waals surface area contributed by atoms with Crippen LogP contribution in [0.2, 0.25) is 0 Å². The molecule has 0 aromatic heterocycles. The van der Waals surface area contributed by atoms with E-state index in [4.69, 9.17) is 18.9 Å². The molecule has 5 nitrogen and oxygen atoms in total. The molecule has 30 heavy (non-hydrogen) atoms. The smallest absolute Gasteiger partial charge is 0.305 e. The maximum absolute atomic E-state index is 11.6. The van der Waals surface area contributed by atoms with E-state index >= 15 is 0 Å². The van der Waals surface area contributed by atoms with Crippen molar-refractivity contribution in [3.63, 3.8) is 0 Å². The lowest BCUT2D eigenvalue weighted by Crippen LogP contribution is -2.11. The van der Waals surface area contributed by atoms with Crippen molar-refractivity contribution >= 4 is 5.97 Å². The average Bonchev–Trinajstić information content (AvgIpc) is 2.75. The van der Waals surface area contributed by atoms with Crippen molar-refractivity contribution in [2.24, 2.45) is 0 Å². The van der Waals surface area contributed by atoms with Crippen LogP contribution in [0.15, 0.2) is 0 Å². The molecule has 0 N–H and O–H groups in total. The third-order valence-corrected chi connectivity index (χ3v) is 5.07. The Kier molecular flexibility index (Phi) is 25.8. The molecule has 0 aliphatic carbocycles. The van der Waals surface area contributed by atoms with Crippen LogP contribution in [-0.4, -0.2) is 52.2 Å². The molecular formula is C25H50O5. The van der Waals surface area contributed by atoms with Gasteiger partial charge in [0.05, 0.1) is 33.0 Å². The van der Waals surface area contributed by atoms with Crippen molar-refractivity contribution in [1.29, 1.82) is 0 Å². The van der Waals surface area contributed by atoms with Gasteiger partial charge in [0.1, 0.15) is 0 Å². The molecule has 0 amide bonds. The summed E-state index contributed by atoms with van der Waals surface area (Å²) < 4.78 is 21.8. The lowest BCUT2D eigenvalue weighted by Gasteiger charge is -2.07. The third-order valence-electron chi connectivity index (χ3n) is 5.07. The number of rotatable bonds is 25. The van der Waals surface area contributed by atoms with Gasteiger partial charge in [0, 0.05) is 19.6 Å². The van der Waals surface area contributed by atoms with E-state index < -0.39 is 0 Å². The lowest BCUT2D eigenvalue weighted by molar-refractivity contribution is -0.144. The molecule has 0 saturated heterocycles. The Morgan fingerprint density at radius 3 is 1.40 bits per heavy atom. The maximum Gasteiger partial charge on any atom is 0.305 e. The number of ether oxygens (including phenoxy) is 4. The van der Waals surface area contributed by atoms with Gasteiger partial charge in [0.25, 0.3) is 0 Å². The van der Waals surface area contributed by atoms with E-state index in [0.717, 1.165) is 25.9 Å². The Hall–Kier alpha value is -0.650. The first-order valence-electron chi connectivity index (χ1n) is 12.7. The van der Waals surface area contributed by atoms with Gasteiger partial charge < -0.3 is 18.9 Å². The quantitative estimate of drug-likeness (QED) is 0.123. The van der Waals surface area contributed by atoms with Crippen molar-refractivity contribution in [2.45, 2.75) is 110 Å². The van der Waals surface area contributed by atoms with Crippen LogP contribution in [0.3, 0.4) is 0 Å². The van der Waals surface area contributed by atoms with Crippen LogP contribution in [0.25, 0.3) is 0 Å². The fourth-order valence-corrected chi connectivity index (χ4v) is 3.16. The topological polar surface area (TPSA) is 54.0 Å². The molecule has 0 aromatic rings. The van der Waals surface area contributed by atoms with Crippen molar-refractivity contribution in [3.8, 4) is 0 Å². The predicted molar refractivity (Wildman–Crippen MR) is 124 cm³/mol. The normalized spacial score (nSPS) is 11.1. The summed E-state index contributed by atoms with van der Waals surface area (Å²) in [4.78, 5) is 11.6. The molecule has 0 spiro atoms. The van der Waals surface area contributed by atoms with E-state index in [1.807, 2.05) is 0 Å². The van der Waals surface area contributed by atoms with Crippen LogP contribution < -0.4 is 0 Å². The van der Waals surface area contributed by atoms with Crippen LogP contribution in [0.1, 0.15) is 110 Å². The SMILES string of the molecule is CCCCCCCCCOC(=O)CCCOCCOCCOCCCCCCCC. The largest absolute Gasteiger partial charge is 0.466 e. The minimum atomic E-state index is -0.108. The number of esters is 1. The summed E-state index contributed by atoms with van der Waals surface area (Å²) in [6, 6.07) is 0. The third kappa shape index (κ3) is 25.4. The van der Waals surface area contributed by atoms with Gasteiger partial charge in [-0.15, -0.1) is 0 Å². The van der Waals surface area contributed by atoms with E-state index in [9.17, 15) is 4.79 Å². The molecule has 0 rings (SSSR count). The fourth-order valence-electron chi connectivity index (χ4n) is 3.16. The van der Waals surface area contributed by atoms with E-state index in [1.165, 1.54) is 64.2 Å². The van der Waals surface area contributed by atoms with Gasteiger partial charge in [-0.1, -0.05) is 84.5 Å². The summed E-state index contributed by atoms with van der Waals surface area (Å²) in [5, 5.41) is 0. The Balaban J connectivity index is 3.12.